The summed E-state index contributed by atoms with van der Waals surface area (Å²) in [6, 6.07) is -0.271. The number of hydrogen-bond donors (Lipinski definition) is 2. The Morgan fingerprint density at radius 3 is 3.14 bits per heavy atom. The van der Waals surface area contributed by atoms with E-state index in [9.17, 15) is 4.79 Å². The van der Waals surface area contributed by atoms with E-state index >= 15 is 0 Å². The lowest BCUT2D eigenvalue weighted by Crippen LogP contribution is -2.24. The van der Waals surface area contributed by atoms with Crippen molar-refractivity contribution in [3.05, 3.63) is 0 Å². The quantitative estimate of drug-likeness (QED) is 0.670. The molecule has 2 N–H and O–H groups in total. The summed E-state index contributed by atoms with van der Waals surface area (Å²) in [6.07, 6.45) is 3.03. The summed E-state index contributed by atoms with van der Waals surface area (Å²) in [6.45, 7) is 1.23. The van der Waals surface area contributed by atoms with E-state index in [0.29, 0.717) is 11.9 Å². The first-order valence-electron chi connectivity index (χ1n) is 4.91. The number of nitrogens with zero attached hydrogens (tertiary/aromatic N) is 1. The van der Waals surface area contributed by atoms with Gasteiger partial charge >= 0.3 is 5.97 Å². The summed E-state index contributed by atoms with van der Waals surface area (Å²) in [5.74, 6) is -0.309. The van der Waals surface area contributed by atoms with E-state index in [2.05, 4.69) is 10.3 Å². The predicted octanol–water partition coefficient (Wildman–Crippen LogP) is 0.0104. The van der Waals surface area contributed by atoms with Crippen molar-refractivity contribution in [1.82, 2.24) is 5.32 Å². The van der Waals surface area contributed by atoms with Gasteiger partial charge in [-0.2, -0.15) is 0 Å². The molecule has 0 spiro atoms. The van der Waals surface area contributed by atoms with E-state index in [-0.39, 0.29) is 6.61 Å². The van der Waals surface area contributed by atoms with Gasteiger partial charge in [-0.1, -0.05) is 0 Å². The van der Waals surface area contributed by atoms with Gasteiger partial charge in [0.2, 0.25) is 0 Å². The van der Waals surface area contributed by atoms with Crippen molar-refractivity contribution in [1.29, 1.82) is 0 Å². The van der Waals surface area contributed by atoms with Crippen LogP contribution < -0.4 is 5.32 Å². The molecule has 0 aromatic rings. The lowest BCUT2D eigenvalue weighted by atomic mass is 10.1. The molecule has 2 heterocycles. The smallest absolute Gasteiger partial charge is 0.332 e. The van der Waals surface area contributed by atoms with E-state index in [4.69, 9.17) is 9.84 Å². The molecule has 1 fully saturated rings. The van der Waals surface area contributed by atoms with Gasteiger partial charge in [0.05, 0.1) is 0 Å². The van der Waals surface area contributed by atoms with Crippen LogP contribution in [0, 0.1) is 0 Å². The van der Waals surface area contributed by atoms with Crippen molar-refractivity contribution in [2.75, 3.05) is 13.2 Å². The molecule has 5 nitrogen and oxygen atoms in total. The van der Waals surface area contributed by atoms with E-state index in [1.165, 1.54) is 6.42 Å². The molecule has 0 radical (unpaired) electrons. The monoisotopic (exact) mass is 198 g/mol. The molecule has 2 aliphatic heterocycles. The third kappa shape index (κ3) is 2.04. The molecule has 0 aromatic carbocycles. The number of carboxylic acids is 1. The minimum atomic E-state index is -0.903. The van der Waals surface area contributed by atoms with Crippen LogP contribution in [0.3, 0.4) is 0 Å². The molecule has 0 amide bonds. The second-order valence-electron chi connectivity index (χ2n) is 3.69. The molecule has 2 aliphatic rings. The molecule has 5 heteroatoms. The average molecular weight is 198 g/mol. The van der Waals surface area contributed by atoms with Gasteiger partial charge in [-0.05, 0) is 19.4 Å². The Kier molecular flexibility index (Phi) is 2.67. The van der Waals surface area contributed by atoms with Crippen LogP contribution >= 0.6 is 0 Å². The Labute approximate surface area is 82.2 Å². The fraction of sp³-hybridized carbons (Fsp3) is 0.778. The molecule has 1 saturated heterocycles. The highest BCUT2D eigenvalue weighted by Crippen LogP contribution is 2.14. The molecule has 2 rings (SSSR count). The molecular formula is C9H14N2O3. The van der Waals surface area contributed by atoms with Gasteiger partial charge in [0.1, 0.15) is 6.61 Å². The molecule has 0 saturated carbocycles. The highest BCUT2D eigenvalue weighted by molar-refractivity contribution is 5.85. The van der Waals surface area contributed by atoms with Gasteiger partial charge in [0.25, 0.3) is 0 Å². The first-order chi connectivity index (χ1) is 6.75. The van der Waals surface area contributed by atoms with Gasteiger partial charge in [-0.15, -0.1) is 0 Å². The van der Waals surface area contributed by atoms with E-state index in [1.807, 2.05) is 0 Å². The molecule has 14 heavy (non-hydrogen) atoms. The van der Waals surface area contributed by atoms with Crippen molar-refractivity contribution >= 4 is 11.9 Å². The second kappa shape index (κ2) is 3.96. The van der Waals surface area contributed by atoms with Crippen LogP contribution in [0.1, 0.15) is 19.3 Å². The van der Waals surface area contributed by atoms with Gasteiger partial charge in [0.15, 0.2) is 11.9 Å². The van der Waals surface area contributed by atoms with Crippen LogP contribution in [0.4, 0.5) is 0 Å². The SMILES string of the molecule is O=C(O)C1COC(CC2CCCN2)=N1. The highest BCUT2D eigenvalue weighted by atomic mass is 16.5. The second-order valence-corrected chi connectivity index (χ2v) is 3.69. The van der Waals surface area contributed by atoms with Gasteiger partial charge < -0.3 is 15.2 Å². The lowest BCUT2D eigenvalue weighted by molar-refractivity contribution is -0.138. The Balaban J connectivity index is 1.86. The molecule has 0 aromatic heterocycles. The zero-order chi connectivity index (χ0) is 9.97. The summed E-state index contributed by atoms with van der Waals surface area (Å²) in [7, 11) is 0. The Bertz CT molecular complexity index is 259. The number of carbonyl (C=O) groups is 1. The average Bonchev–Trinajstić information content (AvgIpc) is 2.75. The fourth-order valence-electron chi connectivity index (χ4n) is 1.80. The lowest BCUT2D eigenvalue weighted by Gasteiger charge is -2.08. The zero-order valence-corrected chi connectivity index (χ0v) is 7.90. The third-order valence-corrected chi connectivity index (χ3v) is 2.58. The van der Waals surface area contributed by atoms with Crippen LogP contribution in [0.2, 0.25) is 0 Å². The number of ether oxygens (including phenoxy) is 1. The Hall–Kier alpha value is -1.10. The summed E-state index contributed by atoms with van der Waals surface area (Å²) in [5.41, 5.74) is 0. The van der Waals surface area contributed by atoms with Crippen LogP contribution in [0.5, 0.6) is 0 Å². The van der Waals surface area contributed by atoms with Crippen LogP contribution in [0.25, 0.3) is 0 Å². The minimum absolute atomic E-state index is 0.192. The van der Waals surface area contributed by atoms with E-state index in [1.54, 1.807) is 0 Å². The number of hydrogen-bond acceptors (Lipinski definition) is 4. The van der Waals surface area contributed by atoms with Crippen LogP contribution in [-0.4, -0.2) is 42.2 Å². The number of rotatable bonds is 3. The first kappa shape index (κ1) is 9.45. The molecular weight excluding hydrogens is 184 g/mol. The minimum Gasteiger partial charge on any atom is -0.480 e. The summed E-state index contributed by atoms with van der Waals surface area (Å²) < 4.78 is 5.22. The molecule has 0 aliphatic carbocycles. The van der Waals surface area contributed by atoms with E-state index < -0.39 is 12.0 Å². The van der Waals surface area contributed by atoms with Crippen LogP contribution in [-0.2, 0) is 9.53 Å². The standard InChI is InChI=1S/C9H14N2O3/c12-9(13)7-5-14-8(11-7)4-6-2-1-3-10-6/h6-7,10H,1-5H2,(H,12,13). The number of aliphatic imine (C=N–C) groups is 1. The van der Waals surface area contributed by atoms with Gasteiger partial charge in [0, 0.05) is 12.5 Å². The summed E-state index contributed by atoms with van der Waals surface area (Å²) in [4.78, 5) is 14.6. The topological polar surface area (TPSA) is 70.9 Å². The van der Waals surface area contributed by atoms with Crippen molar-refractivity contribution in [2.45, 2.75) is 31.3 Å². The third-order valence-electron chi connectivity index (χ3n) is 2.58. The fourth-order valence-corrected chi connectivity index (χ4v) is 1.80. The maximum atomic E-state index is 10.6. The highest BCUT2D eigenvalue weighted by Gasteiger charge is 2.27. The maximum absolute atomic E-state index is 10.6. The molecule has 78 valence electrons. The number of carboxylic acid groups (broad SMARTS) is 1. The maximum Gasteiger partial charge on any atom is 0.332 e. The predicted molar refractivity (Wildman–Crippen MR) is 50.5 cm³/mol. The van der Waals surface area contributed by atoms with Crippen molar-refractivity contribution in [3.63, 3.8) is 0 Å². The van der Waals surface area contributed by atoms with Crippen molar-refractivity contribution < 1.29 is 14.6 Å². The zero-order valence-electron chi connectivity index (χ0n) is 7.90. The van der Waals surface area contributed by atoms with E-state index in [0.717, 1.165) is 19.4 Å². The van der Waals surface area contributed by atoms with Crippen molar-refractivity contribution in [2.24, 2.45) is 4.99 Å². The first-order valence-corrected chi connectivity index (χ1v) is 4.91. The summed E-state index contributed by atoms with van der Waals surface area (Å²) >= 11 is 0. The van der Waals surface area contributed by atoms with Crippen LogP contribution in [0.15, 0.2) is 4.99 Å². The Morgan fingerprint density at radius 2 is 2.57 bits per heavy atom. The number of aliphatic carboxylic acids is 1. The molecule has 2 unspecified atom stereocenters. The van der Waals surface area contributed by atoms with Gasteiger partial charge in [-0.25, -0.2) is 9.79 Å². The summed E-state index contributed by atoms with van der Waals surface area (Å²) in [5, 5.41) is 12.0. The normalized spacial score (nSPS) is 31.3. The van der Waals surface area contributed by atoms with Gasteiger partial charge in [-0.3, -0.25) is 0 Å². The molecule has 0 bridgehead atoms. The number of nitrogens with one attached hydrogen (secondary N) is 1. The Morgan fingerprint density at radius 1 is 1.71 bits per heavy atom. The molecule has 2 atom stereocenters. The largest absolute Gasteiger partial charge is 0.480 e. The van der Waals surface area contributed by atoms with Crippen molar-refractivity contribution in [3.8, 4) is 0 Å².